The fourth-order valence-electron chi connectivity index (χ4n) is 4.80. The Kier molecular flexibility index (Phi) is 9.22. The van der Waals surface area contributed by atoms with E-state index in [-0.39, 0.29) is 17.8 Å². The molecule has 4 rings (SSSR count). The van der Waals surface area contributed by atoms with Crippen molar-refractivity contribution >= 4 is 11.6 Å². The number of aryl methyl sites for hydroxylation is 2. The molecule has 7 nitrogen and oxygen atoms in total. The lowest BCUT2D eigenvalue weighted by molar-refractivity contribution is -0.137. The Morgan fingerprint density at radius 3 is 2.41 bits per heavy atom. The monoisotopic (exact) mass is 564 g/mol. The molecular formula is C31H35F3N6O. The maximum absolute atomic E-state index is 13.7. The molecule has 0 spiro atoms. The van der Waals surface area contributed by atoms with Crippen molar-refractivity contribution in [1.82, 2.24) is 24.6 Å². The summed E-state index contributed by atoms with van der Waals surface area (Å²) < 4.78 is 42.9. The number of rotatable bonds is 11. The lowest BCUT2D eigenvalue weighted by Gasteiger charge is -2.19. The highest BCUT2D eigenvalue weighted by atomic mass is 19.4. The van der Waals surface area contributed by atoms with Crippen molar-refractivity contribution in [2.24, 2.45) is 0 Å². The number of hydrogen-bond donors (Lipinski definition) is 1. The van der Waals surface area contributed by atoms with E-state index in [0.29, 0.717) is 43.3 Å². The summed E-state index contributed by atoms with van der Waals surface area (Å²) >= 11 is 0. The minimum Gasteiger partial charge on any atom is -0.373 e. The van der Waals surface area contributed by atoms with Crippen molar-refractivity contribution in [3.05, 3.63) is 99.6 Å². The zero-order valence-corrected chi connectivity index (χ0v) is 24.0. The van der Waals surface area contributed by atoms with Gasteiger partial charge in [0.05, 0.1) is 17.0 Å². The molecule has 0 amide bonds. The maximum atomic E-state index is 13.7. The molecule has 0 saturated carbocycles. The Balaban J connectivity index is 1.61. The highest BCUT2D eigenvalue weighted by molar-refractivity contribution is 5.98. The summed E-state index contributed by atoms with van der Waals surface area (Å²) in [5.74, 6) is 0.940. The van der Waals surface area contributed by atoms with E-state index in [1.54, 1.807) is 23.9 Å². The topological polar surface area (TPSA) is 75.9 Å². The van der Waals surface area contributed by atoms with Gasteiger partial charge in [0.25, 0.3) is 0 Å². The van der Waals surface area contributed by atoms with Crippen LogP contribution in [0.4, 0.5) is 19.0 Å². The first-order chi connectivity index (χ1) is 19.5. The van der Waals surface area contributed by atoms with Crippen LogP contribution in [0, 0.1) is 13.8 Å². The SMILES string of the molecule is CCN(CC)Cc1cc(C(=O)Cc2ccc(C)c(Cc3cc(C)nn3-c3cc(NC)ncn3)c2)cc(C(F)(F)F)c1. The van der Waals surface area contributed by atoms with Crippen molar-refractivity contribution in [2.45, 2.75) is 53.3 Å². The van der Waals surface area contributed by atoms with E-state index in [4.69, 9.17) is 0 Å². The molecule has 0 atom stereocenters. The number of alkyl halides is 3. The van der Waals surface area contributed by atoms with E-state index < -0.39 is 11.7 Å². The summed E-state index contributed by atoms with van der Waals surface area (Å²) in [5.41, 5.74) is 4.25. The van der Waals surface area contributed by atoms with E-state index in [9.17, 15) is 18.0 Å². The van der Waals surface area contributed by atoms with Crippen LogP contribution in [0.2, 0.25) is 0 Å². The first-order valence-corrected chi connectivity index (χ1v) is 13.6. The zero-order valence-electron chi connectivity index (χ0n) is 24.0. The average Bonchev–Trinajstić information content (AvgIpc) is 3.32. The molecule has 1 N–H and O–H groups in total. The highest BCUT2D eigenvalue weighted by Crippen LogP contribution is 2.31. The van der Waals surface area contributed by atoms with Crippen molar-refractivity contribution in [1.29, 1.82) is 0 Å². The molecule has 0 bridgehead atoms. The van der Waals surface area contributed by atoms with Gasteiger partial charge in [0.15, 0.2) is 11.6 Å². The minimum atomic E-state index is -4.54. The third kappa shape index (κ3) is 7.38. The number of carbonyl (C=O) groups is 1. The van der Waals surface area contributed by atoms with Crippen molar-refractivity contribution in [3.8, 4) is 5.82 Å². The molecule has 0 aliphatic heterocycles. The summed E-state index contributed by atoms with van der Waals surface area (Å²) in [6, 6.07) is 13.2. The number of nitrogens with zero attached hydrogens (tertiary/aromatic N) is 5. The largest absolute Gasteiger partial charge is 0.416 e. The number of anilines is 1. The highest BCUT2D eigenvalue weighted by Gasteiger charge is 2.32. The molecule has 10 heteroatoms. The standard InChI is InChI=1S/C31H35F3N6O/c1-6-39(7-2)18-23-12-25(15-26(13-23)31(32,33)34)28(41)14-22-9-8-20(3)24(11-22)16-27-10-21(4)38-40(27)30-17-29(35-5)36-19-37-30/h8-13,15,17,19H,6-7,14,16,18H2,1-5H3,(H,35,36,37). The molecule has 41 heavy (non-hydrogen) atoms. The van der Waals surface area contributed by atoms with Crippen molar-refractivity contribution in [2.75, 3.05) is 25.5 Å². The summed E-state index contributed by atoms with van der Waals surface area (Å²) in [6.45, 7) is 9.57. The van der Waals surface area contributed by atoms with Gasteiger partial charge in [-0.15, -0.1) is 0 Å². The van der Waals surface area contributed by atoms with Crippen LogP contribution < -0.4 is 5.32 Å². The first-order valence-electron chi connectivity index (χ1n) is 13.6. The quantitative estimate of drug-likeness (QED) is 0.219. The number of ketones is 1. The molecule has 2 aromatic carbocycles. The molecule has 0 fully saturated rings. The van der Waals surface area contributed by atoms with Crippen LogP contribution in [0.1, 0.15) is 63.4 Å². The van der Waals surface area contributed by atoms with Crippen LogP contribution in [-0.4, -0.2) is 50.6 Å². The summed E-state index contributed by atoms with van der Waals surface area (Å²) in [6.07, 6.45) is -2.54. The van der Waals surface area contributed by atoms with Crippen LogP contribution >= 0.6 is 0 Å². The number of hydrogen-bond acceptors (Lipinski definition) is 6. The predicted octanol–water partition coefficient (Wildman–Crippen LogP) is 6.20. The maximum Gasteiger partial charge on any atom is 0.416 e. The fourth-order valence-corrected chi connectivity index (χ4v) is 4.80. The van der Waals surface area contributed by atoms with E-state index in [1.165, 1.54) is 6.33 Å². The Labute approximate surface area is 238 Å². The van der Waals surface area contributed by atoms with Crippen LogP contribution in [-0.2, 0) is 25.6 Å². The van der Waals surface area contributed by atoms with E-state index >= 15 is 0 Å². The lowest BCUT2D eigenvalue weighted by Crippen LogP contribution is -2.23. The van der Waals surface area contributed by atoms with Gasteiger partial charge in [-0.2, -0.15) is 18.3 Å². The number of nitrogens with one attached hydrogen (secondary N) is 1. The van der Waals surface area contributed by atoms with Crippen LogP contribution in [0.5, 0.6) is 0 Å². The minimum absolute atomic E-state index is 0.00493. The van der Waals surface area contributed by atoms with Gasteiger partial charge in [-0.3, -0.25) is 9.69 Å². The lowest BCUT2D eigenvalue weighted by atomic mass is 9.95. The van der Waals surface area contributed by atoms with Gasteiger partial charge in [0, 0.05) is 38.1 Å². The van der Waals surface area contributed by atoms with Gasteiger partial charge < -0.3 is 5.32 Å². The summed E-state index contributed by atoms with van der Waals surface area (Å²) in [7, 11) is 1.78. The Morgan fingerprint density at radius 2 is 1.73 bits per heavy atom. The van der Waals surface area contributed by atoms with Gasteiger partial charge in [0.1, 0.15) is 12.1 Å². The fraction of sp³-hybridized carbons (Fsp3) is 0.355. The van der Waals surface area contributed by atoms with Crippen LogP contribution in [0.15, 0.2) is 54.9 Å². The molecule has 216 valence electrons. The number of aromatic nitrogens is 4. The molecular weight excluding hydrogens is 529 g/mol. The summed E-state index contributed by atoms with van der Waals surface area (Å²) in [5, 5.41) is 7.61. The van der Waals surface area contributed by atoms with Crippen LogP contribution in [0.3, 0.4) is 0 Å². The second-order valence-corrected chi connectivity index (χ2v) is 10.1. The van der Waals surface area contributed by atoms with E-state index in [2.05, 4.69) is 20.4 Å². The Morgan fingerprint density at radius 1 is 0.976 bits per heavy atom. The molecule has 2 heterocycles. The normalized spacial score (nSPS) is 11.7. The molecule has 0 radical (unpaired) electrons. The second-order valence-electron chi connectivity index (χ2n) is 10.1. The van der Waals surface area contributed by atoms with Gasteiger partial charge in [-0.05, 0) is 73.5 Å². The zero-order chi connectivity index (χ0) is 29.7. The molecule has 2 aromatic heterocycles. The van der Waals surface area contributed by atoms with Crippen molar-refractivity contribution < 1.29 is 18.0 Å². The Bertz CT molecular complexity index is 1520. The third-order valence-corrected chi connectivity index (χ3v) is 7.12. The first kappa shape index (κ1) is 29.9. The number of benzene rings is 2. The van der Waals surface area contributed by atoms with Crippen LogP contribution in [0.25, 0.3) is 5.82 Å². The number of halogens is 3. The molecule has 4 aromatic rings. The van der Waals surface area contributed by atoms with Gasteiger partial charge in [-0.1, -0.05) is 32.0 Å². The van der Waals surface area contributed by atoms with E-state index in [0.717, 1.165) is 40.2 Å². The average molecular weight is 565 g/mol. The van der Waals surface area contributed by atoms with Gasteiger partial charge in [-0.25, -0.2) is 14.6 Å². The van der Waals surface area contributed by atoms with E-state index in [1.807, 2.05) is 56.9 Å². The molecule has 0 saturated heterocycles. The predicted molar refractivity (Wildman–Crippen MR) is 154 cm³/mol. The van der Waals surface area contributed by atoms with Gasteiger partial charge >= 0.3 is 6.18 Å². The summed E-state index contributed by atoms with van der Waals surface area (Å²) in [4.78, 5) is 23.9. The number of carbonyl (C=O) groups excluding carboxylic acids is 1. The molecule has 0 unspecified atom stereocenters. The third-order valence-electron chi connectivity index (χ3n) is 7.12. The molecule has 0 aliphatic rings. The Hall–Kier alpha value is -4.05. The molecule has 0 aliphatic carbocycles. The smallest absolute Gasteiger partial charge is 0.373 e. The van der Waals surface area contributed by atoms with Gasteiger partial charge in [0.2, 0.25) is 0 Å². The van der Waals surface area contributed by atoms with Crippen molar-refractivity contribution in [3.63, 3.8) is 0 Å². The second kappa shape index (κ2) is 12.6. The number of Topliss-reactive ketones (excluding diaryl/α,β-unsaturated/α-hetero) is 1.